The van der Waals surface area contributed by atoms with Gasteiger partial charge in [-0.1, -0.05) is 18.5 Å². The molecule has 0 unspecified atom stereocenters. The molecule has 3 heterocycles. The molecule has 0 aromatic carbocycles. The Kier molecular flexibility index (Phi) is 3.76. The van der Waals surface area contributed by atoms with Crippen LogP contribution in [0.4, 0.5) is 0 Å². The van der Waals surface area contributed by atoms with Crippen LogP contribution in [0.2, 0.25) is 5.02 Å². The molecular weight excluding hydrogens is 274 g/mol. The molecule has 3 rings (SSSR count). The molecule has 1 fully saturated rings. The Bertz CT molecular complexity index is 674. The van der Waals surface area contributed by atoms with Crippen molar-refractivity contribution in [2.45, 2.75) is 26.3 Å². The Morgan fingerprint density at radius 3 is 2.85 bits per heavy atom. The van der Waals surface area contributed by atoms with Gasteiger partial charge in [0.25, 0.3) is 5.56 Å². The van der Waals surface area contributed by atoms with Crippen LogP contribution in [0.3, 0.4) is 0 Å². The fourth-order valence-electron chi connectivity index (χ4n) is 2.66. The van der Waals surface area contributed by atoms with Crippen LogP contribution < -0.4 is 5.56 Å². The van der Waals surface area contributed by atoms with E-state index in [2.05, 4.69) is 16.8 Å². The number of rotatable bonds is 2. The fraction of sp³-hybridized carbons (Fsp3) is 0.467. The van der Waals surface area contributed by atoms with Gasteiger partial charge in [0.1, 0.15) is 5.65 Å². The van der Waals surface area contributed by atoms with Crippen molar-refractivity contribution < 1.29 is 0 Å². The summed E-state index contributed by atoms with van der Waals surface area (Å²) in [5.74, 6) is 0.809. The molecule has 0 spiro atoms. The second kappa shape index (κ2) is 5.54. The highest BCUT2D eigenvalue weighted by Crippen LogP contribution is 2.17. The lowest BCUT2D eigenvalue weighted by molar-refractivity contribution is 0.183. The lowest BCUT2D eigenvalue weighted by Gasteiger charge is -2.29. The van der Waals surface area contributed by atoms with Crippen molar-refractivity contribution in [1.29, 1.82) is 0 Å². The van der Waals surface area contributed by atoms with Crippen LogP contribution in [0.1, 0.15) is 25.5 Å². The normalized spacial score (nSPS) is 17.7. The van der Waals surface area contributed by atoms with Crippen LogP contribution in [0.5, 0.6) is 0 Å². The predicted octanol–water partition coefficient (Wildman–Crippen LogP) is 2.58. The van der Waals surface area contributed by atoms with Crippen LogP contribution in [0.25, 0.3) is 5.65 Å². The molecule has 0 atom stereocenters. The minimum atomic E-state index is -0.0714. The first-order valence-corrected chi connectivity index (χ1v) is 7.40. The number of halogens is 1. The fourth-order valence-corrected chi connectivity index (χ4v) is 2.82. The third-order valence-corrected chi connectivity index (χ3v) is 4.16. The van der Waals surface area contributed by atoms with E-state index >= 15 is 0 Å². The summed E-state index contributed by atoms with van der Waals surface area (Å²) in [6.07, 6.45) is 4.06. The molecule has 0 bridgehead atoms. The standard InChI is InChI=1S/C15H18ClN3O/c1-11-4-6-18(7-5-11)10-13-8-15(20)19-9-12(16)2-3-14(19)17-13/h2-3,8-9,11H,4-7,10H2,1H3. The quantitative estimate of drug-likeness (QED) is 0.853. The lowest BCUT2D eigenvalue weighted by atomic mass is 9.99. The number of piperidine rings is 1. The van der Waals surface area contributed by atoms with Gasteiger partial charge >= 0.3 is 0 Å². The van der Waals surface area contributed by atoms with Gasteiger partial charge in [-0.25, -0.2) is 4.98 Å². The first-order valence-electron chi connectivity index (χ1n) is 7.02. The van der Waals surface area contributed by atoms with Gasteiger partial charge in [0.15, 0.2) is 0 Å². The minimum Gasteiger partial charge on any atom is -0.297 e. The Morgan fingerprint density at radius 2 is 2.10 bits per heavy atom. The zero-order chi connectivity index (χ0) is 14.1. The maximum atomic E-state index is 12.1. The Hall–Kier alpha value is -1.39. The van der Waals surface area contributed by atoms with Crippen molar-refractivity contribution in [3.8, 4) is 0 Å². The molecular formula is C15H18ClN3O. The largest absolute Gasteiger partial charge is 0.297 e. The van der Waals surface area contributed by atoms with E-state index in [0.717, 1.165) is 31.2 Å². The second-order valence-electron chi connectivity index (χ2n) is 5.62. The van der Waals surface area contributed by atoms with E-state index in [1.165, 1.54) is 17.2 Å². The average Bonchev–Trinajstić information content (AvgIpc) is 2.42. The van der Waals surface area contributed by atoms with Crippen LogP contribution in [0, 0.1) is 5.92 Å². The molecule has 0 saturated carbocycles. The highest BCUT2D eigenvalue weighted by molar-refractivity contribution is 6.30. The van der Waals surface area contributed by atoms with Gasteiger partial charge in [0.2, 0.25) is 0 Å². The highest BCUT2D eigenvalue weighted by atomic mass is 35.5. The summed E-state index contributed by atoms with van der Waals surface area (Å²) < 4.78 is 1.49. The third kappa shape index (κ3) is 2.86. The zero-order valence-electron chi connectivity index (χ0n) is 11.6. The number of fused-ring (bicyclic) bond motifs is 1. The minimum absolute atomic E-state index is 0.0714. The average molecular weight is 292 g/mol. The summed E-state index contributed by atoms with van der Waals surface area (Å²) in [7, 11) is 0. The summed E-state index contributed by atoms with van der Waals surface area (Å²) in [4.78, 5) is 19.0. The summed E-state index contributed by atoms with van der Waals surface area (Å²) in [5, 5.41) is 0.541. The monoisotopic (exact) mass is 291 g/mol. The number of likely N-dealkylation sites (tertiary alicyclic amines) is 1. The third-order valence-electron chi connectivity index (χ3n) is 3.94. The molecule has 1 saturated heterocycles. The van der Waals surface area contributed by atoms with Gasteiger partial charge in [0, 0.05) is 18.8 Å². The van der Waals surface area contributed by atoms with Crippen molar-refractivity contribution in [3.63, 3.8) is 0 Å². The molecule has 0 amide bonds. The first-order chi connectivity index (χ1) is 9.61. The molecule has 0 aliphatic carbocycles. The molecule has 5 heteroatoms. The lowest BCUT2D eigenvalue weighted by Crippen LogP contribution is -2.33. The SMILES string of the molecule is CC1CCN(Cc2cc(=O)n3cc(Cl)ccc3n2)CC1. The van der Waals surface area contributed by atoms with Gasteiger partial charge in [-0.2, -0.15) is 0 Å². The molecule has 2 aromatic rings. The number of nitrogens with zero attached hydrogens (tertiary/aromatic N) is 3. The molecule has 4 nitrogen and oxygen atoms in total. The number of aromatic nitrogens is 2. The molecule has 1 aliphatic heterocycles. The van der Waals surface area contributed by atoms with E-state index in [1.807, 2.05) is 0 Å². The Morgan fingerprint density at radius 1 is 1.35 bits per heavy atom. The number of pyridine rings is 1. The summed E-state index contributed by atoms with van der Waals surface area (Å²) >= 11 is 5.90. The van der Waals surface area contributed by atoms with Crippen LogP contribution in [-0.2, 0) is 6.54 Å². The van der Waals surface area contributed by atoms with E-state index < -0.39 is 0 Å². The van der Waals surface area contributed by atoms with E-state index in [0.29, 0.717) is 10.7 Å². The Balaban J connectivity index is 1.85. The smallest absolute Gasteiger partial charge is 0.258 e. The van der Waals surface area contributed by atoms with Crippen molar-refractivity contribution in [1.82, 2.24) is 14.3 Å². The van der Waals surface area contributed by atoms with Crippen molar-refractivity contribution >= 4 is 17.2 Å². The van der Waals surface area contributed by atoms with Crippen molar-refractivity contribution in [2.24, 2.45) is 5.92 Å². The van der Waals surface area contributed by atoms with Gasteiger partial charge < -0.3 is 0 Å². The Labute approximate surface area is 123 Å². The number of hydrogen-bond acceptors (Lipinski definition) is 3. The van der Waals surface area contributed by atoms with Gasteiger partial charge in [-0.15, -0.1) is 0 Å². The first kappa shape index (κ1) is 13.6. The van der Waals surface area contributed by atoms with Gasteiger partial charge in [-0.3, -0.25) is 14.1 Å². The van der Waals surface area contributed by atoms with Crippen LogP contribution in [0.15, 0.2) is 29.2 Å². The molecule has 0 N–H and O–H groups in total. The molecule has 1 aliphatic rings. The maximum absolute atomic E-state index is 12.1. The van der Waals surface area contributed by atoms with E-state index in [-0.39, 0.29) is 5.56 Å². The highest BCUT2D eigenvalue weighted by Gasteiger charge is 2.16. The molecule has 106 valence electrons. The predicted molar refractivity (Wildman–Crippen MR) is 80.1 cm³/mol. The van der Waals surface area contributed by atoms with Crippen molar-refractivity contribution in [2.75, 3.05) is 13.1 Å². The van der Waals surface area contributed by atoms with Gasteiger partial charge in [-0.05, 0) is 44.0 Å². The zero-order valence-corrected chi connectivity index (χ0v) is 12.3. The number of hydrogen-bond donors (Lipinski definition) is 0. The van der Waals surface area contributed by atoms with Crippen LogP contribution in [-0.4, -0.2) is 27.4 Å². The van der Waals surface area contributed by atoms with Gasteiger partial charge in [0.05, 0.1) is 10.7 Å². The van der Waals surface area contributed by atoms with E-state index in [4.69, 9.17) is 11.6 Å². The summed E-state index contributed by atoms with van der Waals surface area (Å²) in [6.45, 7) is 5.22. The summed E-state index contributed by atoms with van der Waals surface area (Å²) in [6, 6.07) is 5.16. The molecule has 0 radical (unpaired) electrons. The topological polar surface area (TPSA) is 37.6 Å². The molecule has 2 aromatic heterocycles. The second-order valence-corrected chi connectivity index (χ2v) is 6.06. The molecule has 20 heavy (non-hydrogen) atoms. The van der Waals surface area contributed by atoms with E-state index in [9.17, 15) is 4.79 Å². The van der Waals surface area contributed by atoms with E-state index in [1.54, 1.807) is 24.4 Å². The van der Waals surface area contributed by atoms with Crippen LogP contribution >= 0.6 is 11.6 Å². The maximum Gasteiger partial charge on any atom is 0.258 e. The summed E-state index contributed by atoms with van der Waals surface area (Å²) in [5.41, 5.74) is 1.42. The van der Waals surface area contributed by atoms with Crippen molar-refractivity contribution in [3.05, 3.63) is 45.5 Å².